The van der Waals surface area contributed by atoms with Crippen LogP contribution in [0.3, 0.4) is 0 Å². The van der Waals surface area contributed by atoms with Crippen LogP contribution in [0, 0.1) is 6.92 Å². The van der Waals surface area contributed by atoms with Gasteiger partial charge < -0.3 is 10.6 Å². The fourth-order valence-electron chi connectivity index (χ4n) is 3.02. The van der Waals surface area contributed by atoms with Crippen LogP contribution in [-0.4, -0.2) is 56.1 Å². The lowest BCUT2D eigenvalue weighted by Gasteiger charge is -2.32. The molecule has 140 valence electrons. The Morgan fingerprint density at radius 3 is 2.52 bits per heavy atom. The number of nitrogens with one attached hydrogen (secondary N) is 2. The molecule has 1 aromatic carbocycles. The highest BCUT2D eigenvalue weighted by atomic mass is 19.3. The summed E-state index contributed by atoms with van der Waals surface area (Å²) in [5, 5.41) is 6.72. The molecular weight excluding hydrogens is 322 g/mol. The zero-order valence-electron chi connectivity index (χ0n) is 15.3. The van der Waals surface area contributed by atoms with E-state index in [4.69, 9.17) is 0 Å². The molecule has 0 radical (unpaired) electrons. The van der Waals surface area contributed by atoms with Gasteiger partial charge in [0.15, 0.2) is 5.96 Å². The molecule has 0 aliphatic carbocycles. The van der Waals surface area contributed by atoms with Gasteiger partial charge in [0.1, 0.15) is 0 Å². The fourth-order valence-corrected chi connectivity index (χ4v) is 3.02. The topological polar surface area (TPSA) is 39.7 Å². The first kappa shape index (κ1) is 19.6. The number of nitrogens with zero attached hydrogens (tertiary/aromatic N) is 2. The Hall–Kier alpha value is -1.69. The van der Waals surface area contributed by atoms with Crippen molar-refractivity contribution >= 4 is 5.96 Å². The van der Waals surface area contributed by atoms with Crippen LogP contribution in [0.4, 0.5) is 8.78 Å². The van der Waals surface area contributed by atoms with Crippen LogP contribution >= 0.6 is 0 Å². The van der Waals surface area contributed by atoms with Crippen LogP contribution in [0.15, 0.2) is 29.3 Å². The number of aryl methyl sites for hydroxylation is 1. The molecule has 1 aromatic rings. The summed E-state index contributed by atoms with van der Waals surface area (Å²) in [4.78, 5) is 6.49. The average Bonchev–Trinajstić information content (AvgIpc) is 2.58. The normalized spacial score (nSPS) is 17.1. The van der Waals surface area contributed by atoms with E-state index >= 15 is 0 Å². The van der Waals surface area contributed by atoms with Gasteiger partial charge in [-0.05, 0) is 38.7 Å². The second kappa shape index (κ2) is 10.3. The van der Waals surface area contributed by atoms with Gasteiger partial charge in [-0.1, -0.05) is 29.8 Å². The van der Waals surface area contributed by atoms with Gasteiger partial charge in [0.25, 0.3) is 6.43 Å². The molecule has 0 aromatic heterocycles. The molecule has 0 unspecified atom stereocenters. The average molecular weight is 352 g/mol. The highest BCUT2D eigenvalue weighted by Gasteiger charge is 2.21. The van der Waals surface area contributed by atoms with Gasteiger partial charge in [-0.3, -0.25) is 9.89 Å². The lowest BCUT2D eigenvalue weighted by molar-refractivity contribution is 0.0744. The number of hydrogen-bond donors (Lipinski definition) is 2. The Labute approximate surface area is 149 Å². The summed E-state index contributed by atoms with van der Waals surface area (Å²) in [5.74, 6) is 0.821. The molecule has 25 heavy (non-hydrogen) atoms. The number of rotatable bonds is 7. The molecule has 1 aliphatic rings. The Morgan fingerprint density at radius 1 is 1.24 bits per heavy atom. The summed E-state index contributed by atoms with van der Waals surface area (Å²) in [6.45, 7) is 6.97. The van der Waals surface area contributed by atoms with E-state index in [-0.39, 0.29) is 6.54 Å². The van der Waals surface area contributed by atoms with Gasteiger partial charge in [-0.2, -0.15) is 0 Å². The molecule has 1 saturated heterocycles. The molecule has 2 rings (SSSR count). The van der Waals surface area contributed by atoms with E-state index in [0.717, 1.165) is 38.3 Å². The van der Waals surface area contributed by atoms with Crippen molar-refractivity contribution in [2.45, 2.75) is 45.6 Å². The molecule has 0 amide bonds. The minimum absolute atomic E-state index is 0.114. The number of aliphatic imine (C=N–C) groups is 1. The highest BCUT2D eigenvalue weighted by Crippen LogP contribution is 2.12. The number of hydrogen-bond acceptors (Lipinski definition) is 2. The zero-order chi connectivity index (χ0) is 18.1. The third-order valence-corrected chi connectivity index (χ3v) is 4.46. The van der Waals surface area contributed by atoms with E-state index in [0.29, 0.717) is 19.1 Å². The van der Waals surface area contributed by atoms with E-state index in [2.05, 4.69) is 46.8 Å². The van der Waals surface area contributed by atoms with Crippen molar-refractivity contribution in [2.75, 3.05) is 32.7 Å². The van der Waals surface area contributed by atoms with Gasteiger partial charge in [-0.15, -0.1) is 0 Å². The maximum atomic E-state index is 12.4. The van der Waals surface area contributed by atoms with Crippen molar-refractivity contribution in [3.63, 3.8) is 0 Å². The maximum absolute atomic E-state index is 12.4. The van der Waals surface area contributed by atoms with Crippen LogP contribution in [-0.2, 0) is 6.42 Å². The van der Waals surface area contributed by atoms with Crippen LogP contribution in [0.1, 0.15) is 30.9 Å². The van der Waals surface area contributed by atoms with Crippen LogP contribution in [0.5, 0.6) is 0 Å². The first-order valence-corrected chi connectivity index (χ1v) is 9.17. The molecule has 0 saturated carbocycles. The van der Waals surface area contributed by atoms with Crippen LogP contribution in [0.2, 0.25) is 0 Å². The predicted octanol–water partition coefficient (Wildman–Crippen LogP) is 2.82. The number of alkyl halides is 2. The number of likely N-dealkylation sites (tertiary alicyclic amines) is 1. The van der Waals surface area contributed by atoms with Gasteiger partial charge in [0, 0.05) is 32.2 Å². The molecule has 0 bridgehead atoms. The molecule has 0 spiro atoms. The number of halogens is 2. The maximum Gasteiger partial charge on any atom is 0.251 e. The third kappa shape index (κ3) is 7.38. The summed E-state index contributed by atoms with van der Waals surface area (Å²) in [6.07, 6.45) is 0.401. The Morgan fingerprint density at radius 2 is 1.92 bits per heavy atom. The largest absolute Gasteiger partial charge is 0.357 e. The second-order valence-electron chi connectivity index (χ2n) is 6.61. The van der Waals surface area contributed by atoms with E-state index < -0.39 is 6.43 Å². The Bertz CT molecular complexity index is 523. The molecule has 1 heterocycles. The first-order valence-electron chi connectivity index (χ1n) is 9.17. The molecule has 4 nitrogen and oxygen atoms in total. The van der Waals surface area contributed by atoms with Gasteiger partial charge in [-0.25, -0.2) is 8.78 Å². The standard InChI is InChI=1S/C19H30F2N4/c1-3-22-19(23-11-8-16-6-4-15(2)5-7-16)24-17-9-12-25(13-10-17)14-18(20)21/h4-7,17-18H,3,8-14H2,1-2H3,(H2,22,23,24). The molecule has 0 atom stereocenters. The smallest absolute Gasteiger partial charge is 0.251 e. The summed E-state index contributed by atoms with van der Waals surface area (Å²) >= 11 is 0. The van der Waals surface area contributed by atoms with E-state index in [1.54, 1.807) is 0 Å². The second-order valence-corrected chi connectivity index (χ2v) is 6.61. The lowest BCUT2D eigenvalue weighted by atomic mass is 10.1. The summed E-state index contributed by atoms with van der Waals surface area (Å²) in [6, 6.07) is 8.82. The molecule has 1 fully saturated rings. The van der Waals surface area contributed by atoms with E-state index in [9.17, 15) is 8.78 Å². The highest BCUT2D eigenvalue weighted by molar-refractivity contribution is 5.80. The monoisotopic (exact) mass is 352 g/mol. The summed E-state index contributed by atoms with van der Waals surface area (Å²) in [5.41, 5.74) is 2.55. The van der Waals surface area contributed by atoms with E-state index in [1.807, 2.05) is 11.8 Å². The van der Waals surface area contributed by atoms with E-state index in [1.165, 1.54) is 11.1 Å². The van der Waals surface area contributed by atoms with Crippen LogP contribution < -0.4 is 10.6 Å². The minimum Gasteiger partial charge on any atom is -0.357 e. The number of guanidine groups is 1. The number of benzene rings is 1. The van der Waals surface area contributed by atoms with Crippen molar-refractivity contribution in [3.8, 4) is 0 Å². The van der Waals surface area contributed by atoms with Crippen molar-refractivity contribution < 1.29 is 8.78 Å². The number of piperidine rings is 1. The molecule has 1 aliphatic heterocycles. The van der Waals surface area contributed by atoms with Crippen molar-refractivity contribution in [1.82, 2.24) is 15.5 Å². The van der Waals surface area contributed by atoms with Crippen molar-refractivity contribution in [2.24, 2.45) is 4.99 Å². The predicted molar refractivity (Wildman–Crippen MR) is 99.5 cm³/mol. The Balaban J connectivity index is 1.78. The fraction of sp³-hybridized carbons (Fsp3) is 0.632. The van der Waals surface area contributed by atoms with Gasteiger partial charge >= 0.3 is 0 Å². The SMILES string of the molecule is CCNC(=NCCc1ccc(C)cc1)NC1CCN(CC(F)F)CC1. The summed E-state index contributed by atoms with van der Waals surface area (Å²) < 4.78 is 24.9. The lowest BCUT2D eigenvalue weighted by Crippen LogP contribution is -2.49. The van der Waals surface area contributed by atoms with Crippen LogP contribution in [0.25, 0.3) is 0 Å². The minimum atomic E-state index is -2.25. The quantitative estimate of drug-likeness (QED) is 0.586. The third-order valence-electron chi connectivity index (χ3n) is 4.46. The first-order chi connectivity index (χ1) is 12.1. The molecule has 2 N–H and O–H groups in total. The molecule has 6 heteroatoms. The zero-order valence-corrected chi connectivity index (χ0v) is 15.3. The van der Waals surface area contributed by atoms with Gasteiger partial charge in [0.2, 0.25) is 0 Å². The van der Waals surface area contributed by atoms with Crippen molar-refractivity contribution in [3.05, 3.63) is 35.4 Å². The summed E-state index contributed by atoms with van der Waals surface area (Å²) in [7, 11) is 0. The van der Waals surface area contributed by atoms with Crippen molar-refractivity contribution in [1.29, 1.82) is 0 Å². The van der Waals surface area contributed by atoms with Gasteiger partial charge in [0.05, 0.1) is 6.54 Å². The molecular formula is C19H30F2N4. The Kier molecular flexibility index (Phi) is 8.12.